The number of halogens is 52. The summed E-state index contributed by atoms with van der Waals surface area (Å²) in [5.74, 6) is -206. The van der Waals surface area contributed by atoms with E-state index in [2.05, 4.69) is 0 Å². The molecule has 0 N–H and O–H groups in total. The number of carbonyl (C=O) groups is 4. The van der Waals surface area contributed by atoms with E-state index in [1.165, 1.54) is 0 Å². The summed E-state index contributed by atoms with van der Waals surface area (Å²) in [4.78, 5) is 61.4. The Morgan fingerprint density at radius 1 is 0.173 bits per heavy atom. The largest absolute Gasteiger partial charge is 0.460 e. The van der Waals surface area contributed by atoms with E-state index in [1.807, 2.05) is 0 Å². The lowest BCUT2D eigenvalue weighted by Crippen LogP contribution is -2.69. The maximum atomic E-state index is 17.6. The van der Waals surface area contributed by atoms with Gasteiger partial charge >= 0.3 is 143 Å². The minimum absolute atomic E-state index is 0.275. The first-order valence-corrected chi connectivity index (χ1v) is 39.7. The van der Waals surface area contributed by atoms with Gasteiger partial charge in [-0.3, -0.25) is 19.2 Å². The monoisotopic (exact) mass is 2240 g/mol. The summed E-state index contributed by atoms with van der Waals surface area (Å²) >= 11 is 0. The third-order valence-electron chi connectivity index (χ3n) is 23.8. The number of benzene rings is 11. The lowest BCUT2D eigenvalue weighted by molar-refractivity contribution is -0.442. The molecule has 0 fully saturated rings. The van der Waals surface area contributed by atoms with Gasteiger partial charge in [0.25, 0.3) is 23.6 Å². The molecule has 0 saturated heterocycles. The Kier molecular flexibility index (Phi) is 25.8. The summed E-state index contributed by atoms with van der Waals surface area (Å²) in [5.41, 5.74) is -37.5. The van der Waals surface area contributed by atoms with E-state index in [9.17, 15) is 87.8 Å². The standard InChI is InChI=1S/C88H38F52N2O8/c1-31-15-5-9-23-43(31)147-47-27-35-51-36(62(144)141(61(35)143)59-39(65(89,90)69(97,98)73(105,106)77(113,114)81(121,122)85(129,130)131)19-13-20-40(59)66(91,92)70(99,100)74(107,108)78(115,116)82(123,124)86(132,133)134)29-49(149-45-25-11-7-17-33(45)3)55-56-50(150-46-26-12-8-18-34(46)4)30-38-52-37(28-48(54(58(52)56)53(47)57(51)55)148-44-24-10-6-16-32(44)2)63(145)142(64(38)146)60-41(67(93,94)71(101,102)75(109,110)79(117,118)83(125,126)87(135,136)137)21-14-22-42(60)68(95,96)72(103,104)76(111,112)80(119,120)84(127,128)88(138,139)140/h5-30H,1-4H3. The molecule has 150 heavy (non-hydrogen) atoms. The van der Waals surface area contributed by atoms with Crippen LogP contribution in [0.15, 0.2) is 158 Å². The summed E-state index contributed by atoms with van der Waals surface area (Å²) in [6.07, 6.45) is -33.7. The van der Waals surface area contributed by atoms with Gasteiger partial charge in [0, 0.05) is 43.1 Å². The van der Waals surface area contributed by atoms with Crippen LogP contribution in [0.2, 0.25) is 0 Å². The van der Waals surface area contributed by atoms with E-state index >= 15 is 160 Å². The van der Waals surface area contributed by atoms with E-state index in [-0.39, 0.29) is 24.3 Å². The Morgan fingerprint density at radius 3 is 0.480 bits per heavy atom. The van der Waals surface area contributed by atoms with Gasteiger partial charge in [0.1, 0.15) is 46.0 Å². The maximum Gasteiger partial charge on any atom is 0.460 e. The van der Waals surface area contributed by atoms with Gasteiger partial charge in [-0.2, -0.15) is 228 Å². The number of hydrogen-bond donors (Lipinski definition) is 0. The third kappa shape index (κ3) is 15.1. The van der Waals surface area contributed by atoms with E-state index in [1.54, 1.807) is 0 Å². The summed E-state index contributed by atoms with van der Waals surface area (Å²) in [6.45, 7) is 3.60. The lowest BCUT2D eigenvalue weighted by atomic mass is 9.79. The van der Waals surface area contributed by atoms with Gasteiger partial charge in [-0.25, -0.2) is 9.80 Å². The zero-order valence-electron chi connectivity index (χ0n) is 71.8. The van der Waals surface area contributed by atoms with Gasteiger partial charge in [-0.1, -0.05) is 109 Å². The maximum absolute atomic E-state index is 17.6. The van der Waals surface area contributed by atoms with Gasteiger partial charge in [-0.05, 0) is 98.5 Å². The topological polar surface area (TPSA) is 112 Å². The van der Waals surface area contributed by atoms with Gasteiger partial charge in [-0.15, -0.1) is 0 Å². The van der Waals surface area contributed by atoms with Crippen molar-refractivity contribution in [2.45, 2.75) is 171 Å². The average molecular weight is 2240 g/mol. The van der Waals surface area contributed by atoms with Crippen molar-refractivity contribution < 1.29 is 266 Å². The highest BCUT2D eigenvalue weighted by Gasteiger charge is 2.96. The average Bonchev–Trinajstić information content (AvgIpc) is 0.664. The molecule has 812 valence electrons. The molecule has 2 aliphatic heterocycles. The van der Waals surface area contributed by atoms with Crippen LogP contribution in [0.1, 0.15) is 85.9 Å². The number of ether oxygens (including phenoxy) is 4. The second-order valence-electron chi connectivity index (χ2n) is 32.9. The Bertz CT molecular complexity index is 6520. The minimum atomic E-state index is -9.40. The van der Waals surface area contributed by atoms with Crippen molar-refractivity contribution in [3.63, 3.8) is 0 Å². The summed E-state index contributed by atoms with van der Waals surface area (Å²) in [7, 11) is 0. The van der Waals surface area contributed by atoms with Crippen LogP contribution in [0.3, 0.4) is 0 Å². The normalized spacial score (nSPS) is 15.5. The molecule has 2 heterocycles. The molecule has 0 atom stereocenters. The van der Waals surface area contributed by atoms with E-state index < -0.39 is 380 Å². The van der Waals surface area contributed by atoms with Crippen LogP contribution in [0.25, 0.3) is 43.1 Å². The molecule has 11 aromatic carbocycles. The van der Waals surface area contributed by atoms with Gasteiger partial charge < -0.3 is 18.9 Å². The number of hydrogen-bond acceptors (Lipinski definition) is 8. The molecule has 2 aliphatic rings. The molecule has 11 aromatic rings. The number of para-hydroxylation sites is 6. The molecular formula is C88H38F52N2O8. The Hall–Kier alpha value is -13.4. The first-order valence-electron chi connectivity index (χ1n) is 39.7. The van der Waals surface area contributed by atoms with Crippen LogP contribution in [0, 0.1) is 27.7 Å². The van der Waals surface area contributed by atoms with Crippen LogP contribution in [0.4, 0.5) is 240 Å². The second-order valence-corrected chi connectivity index (χ2v) is 32.9. The molecule has 13 rings (SSSR count). The smallest absolute Gasteiger partial charge is 0.456 e. The number of rotatable bonds is 30. The van der Waals surface area contributed by atoms with Crippen LogP contribution in [0.5, 0.6) is 46.0 Å². The summed E-state index contributed by atoms with van der Waals surface area (Å²) in [6, 6.07) is 3.88. The number of anilines is 2. The molecule has 0 bridgehead atoms. The van der Waals surface area contributed by atoms with Crippen LogP contribution in [-0.2, 0) is 23.7 Å². The highest BCUT2D eigenvalue weighted by Crippen LogP contribution is 2.72. The predicted octanol–water partition coefficient (Wildman–Crippen LogP) is 32.5. The molecule has 0 aromatic heterocycles. The zero-order chi connectivity index (χ0) is 114. The first-order chi connectivity index (χ1) is 67.5. The fraction of sp³-hybridized carbons (Fsp3) is 0.318. The highest BCUT2D eigenvalue weighted by atomic mass is 19.5. The number of nitrogens with zero attached hydrogens (tertiary/aromatic N) is 2. The molecule has 0 saturated carbocycles. The molecule has 10 nitrogen and oxygen atoms in total. The quantitative estimate of drug-likeness (QED) is 0.0189. The summed E-state index contributed by atoms with van der Waals surface area (Å²) < 4.78 is 830. The molecule has 0 unspecified atom stereocenters. The van der Waals surface area contributed by atoms with Crippen molar-refractivity contribution in [3.05, 3.63) is 224 Å². The van der Waals surface area contributed by atoms with E-state index in [0.29, 0.717) is 24.3 Å². The van der Waals surface area contributed by atoms with Gasteiger partial charge in [0.15, 0.2) is 0 Å². The Morgan fingerprint density at radius 2 is 0.327 bits per heavy atom. The van der Waals surface area contributed by atoms with Crippen molar-refractivity contribution in [2.75, 3.05) is 9.80 Å². The molecule has 0 radical (unpaired) electrons. The number of alkyl halides is 52. The molecule has 4 amide bonds. The van der Waals surface area contributed by atoms with Crippen molar-refractivity contribution >= 4 is 78.1 Å². The van der Waals surface area contributed by atoms with Crippen molar-refractivity contribution in [1.29, 1.82) is 0 Å². The second kappa shape index (κ2) is 34.0. The number of carbonyl (C=O) groups excluding carboxylic acids is 4. The highest BCUT2D eigenvalue weighted by molar-refractivity contribution is 6.48. The van der Waals surface area contributed by atoms with E-state index in [4.69, 9.17) is 18.9 Å². The number of amides is 4. The van der Waals surface area contributed by atoms with Crippen molar-refractivity contribution in [2.24, 2.45) is 0 Å². The summed E-state index contributed by atoms with van der Waals surface area (Å²) in [5, 5.41) is -12.6. The first kappa shape index (κ1) is 114. The van der Waals surface area contributed by atoms with Gasteiger partial charge in [0.05, 0.1) is 55.9 Å². The lowest BCUT2D eigenvalue weighted by Gasteiger charge is -2.42. The zero-order valence-corrected chi connectivity index (χ0v) is 71.8. The van der Waals surface area contributed by atoms with Gasteiger partial charge in [0.2, 0.25) is 0 Å². The Balaban J connectivity index is 1.27. The van der Waals surface area contributed by atoms with Crippen LogP contribution in [-0.4, -0.2) is 143 Å². The number of fused-ring (bicyclic) bond motifs is 2. The fourth-order valence-electron chi connectivity index (χ4n) is 15.7. The number of aryl methyl sites for hydroxylation is 4. The molecule has 0 spiro atoms. The van der Waals surface area contributed by atoms with Crippen LogP contribution >= 0.6 is 0 Å². The Labute approximate surface area is 793 Å². The third-order valence-corrected chi connectivity index (χ3v) is 23.8. The molecular weight excluding hydrogens is 2200 g/mol. The minimum Gasteiger partial charge on any atom is -0.456 e. The SMILES string of the molecule is Cc1ccccc1Oc1cc2c3c(cc(Oc4ccccc4C)c4c5c(Oc6ccccc6C)cc6c7c(cc(Oc8ccccc8C)c(c1c34)c75)C(=O)N(c1c(C(F)(F)C(F)(F)C(F)(F)C(F)(F)C(F)(F)C(F)(F)F)cccc1C(F)(F)C(F)(F)C(F)(F)C(F)(F)C(F)(F)C(F)(F)F)C6=O)C(=O)N(c1c(C(F)(F)C(F)(F)C(F)(F)C(F)(F)C(F)(F)C(F)(F)F)cccc1C(F)(F)C(F)(F)C(F)(F)C(F)(F)C(F)(F)C(F)(F)F)C2=O. The van der Waals surface area contributed by atoms with Crippen LogP contribution < -0.4 is 28.7 Å². The fourth-order valence-corrected chi connectivity index (χ4v) is 15.7. The number of imide groups is 2. The predicted molar refractivity (Wildman–Crippen MR) is 407 cm³/mol. The van der Waals surface area contributed by atoms with Crippen molar-refractivity contribution in [3.8, 4) is 46.0 Å². The van der Waals surface area contributed by atoms with E-state index in [0.717, 1.165) is 100 Å². The molecule has 0 aliphatic carbocycles. The molecule has 62 heteroatoms. The van der Waals surface area contributed by atoms with Crippen molar-refractivity contribution in [1.82, 2.24) is 0 Å².